The van der Waals surface area contributed by atoms with E-state index in [0.29, 0.717) is 6.61 Å². The van der Waals surface area contributed by atoms with Crippen molar-refractivity contribution in [3.05, 3.63) is 48.0 Å². The van der Waals surface area contributed by atoms with Gasteiger partial charge in [-0.05, 0) is 43.7 Å². The van der Waals surface area contributed by atoms with Crippen molar-refractivity contribution in [2.75, 3.05) is 6.61 Å². The van der Waals surface area contributed by atoms with Crippen LogP contribution in [0.3, 0.4) is 0 Å². The maximum atomic E-state index is 11.7. The highest BCUT2D eigenvalue weighted by atomic mass is 16.5. The second kappa shape index (κ2) is 7.66. The summed E-state index contributed by atoms with van der Waals surface area (Å²) in [5.74, 6) is 0.386. The number of ether oxygens (including phenoxy) is 1. The van der Waals surface area contributed by atoms with Crippen molar-refractivity contribution in [1.29, 1.82) is 5.26 Å². The Kier molecular flexibility index (Phi) is 5.13. The van der Waals surface area contributed by atoms with Crippen LogP contribution in [0.1, 0.15) is 25.4 Å². The zero-order valence-electron chi connectivity index (χ0n) is 14.7. The van der Waals surface area contributed by atoms with Crippen LogP contribution in [0, 0.1) is 11.3 Å². The highest BCUT2D eigenvalue weighted by Gasteiger charge is 2.13. The molecular formula is C19H19N5O2. The molecule has 2 aromatic heterocycles. The van der Waals surface area contributed by atoms with Crippen LogP contribution in [-0.4, -0.2) is 31.9 Å². The lowest BCUT2D eigenvalue weighted by molar-refractivity contribution is -0.144. The molecule has 2 heterocycles. The number of nitriles is 1. The van der Waals surface area contributed by atoms with E-state index < -0.39 is 0 Å². The molecular weight excluding hydrogens is 330 g/mol. The third kappa shape index (κ3) is 3.49. The minimum Gasteiger partial charge on any atom is -0.465 e. The summed E-state index contributed by atoms with van der Waals surface area (Å²) in [5.41, 5.74) is 3.40. The summed E-state index contributed by atoms with van der Waals surface area (Å²) in [6.45, 7) is 4.29. The van der Waals surface area contributed by atoms with Crippen LogP contribution in [-0.2, 0) is 22.6 Å². The number of nitrogens with zero attached hydrogens (tertiary/aromatic N) is 5. The lowest BCUT2D eigenvalue weighted by atomic mass is 10.2. The van der Waals surface area contributed by atoms with Crippen molar-refractivity contribution >= 4 is 28.7 Å². The normalized spacial score (nSPS) is 11.5. The van der Waals surface area contributed by atoms with E-state index in [1.165, 1.54) is 0 Å². The van der Waals surface area contributed by atoms with Gasteiger partial charge in [0.25, 0.3) is 0 Å². The Labute approximate surface area is 151 Å². The van der Waals surface area contributed by atoms with Gasteiger partial charge in [-0.3, -0.25) is 9.48 Å². The number of para-hydroxylation sites is 2. The summed E-state index contributed by atoms with van der Waals surface area (Å²) in [6.07, 6.45) is 3.54. The number of rotatable bonds is 6. The second-order valence-corrected chi connectivity index (χ2v) is 5.71. The number of fused-ring (bicyclic) bond motifs is 1. The minimum absolute atomic E-state index is 0.0502. The first-order valence-electron chi connectivity index (χ1n) is 8.32. The summed E-state index contributed by atoms with van der Waals surface area (Å²) in [5, 5.41) is 13.3. The van der Waals surface area contributed by atoms with Gasteiger partial charge in [-0.15, -0.1) is 0 Å². The van der Waals surface area contributed by atoms with Crippen molar-refractivity contribution in [3.8, 4) is 6.07 Å². The molecule has 0 aliphatic carbocycles. The van der Waals surface area contributed by atoms with Gasteiger partial charge in [0.15, 0.2) is 0 Å². The third-order valence-corrected chi connectivity index (χ3v) is 3.93. The maximum Gasteiger partial charge on any atom is 0.327 e. The Balaban J connectivity index is 1.98. The summed E-state index contributed by atoms with van der Waals surface area (Å²) in [6, 6.07) is 11.7. The molecule has 1 aromatic carbocycles. The fraction of sp³-hybridized carbons (Fsp3) is 0.263. The largest absolute Gasteiger partial charge is 0.465 e. The minimum atomic E-state index is -0.333. The average molecular weight is 349 g/mol. The van der Waals surface area contributed by atoms with E-state index in [4.69, 9.17) is 4.74 Å². The van der Waals surface area contributed by atoms with Crippen LogP contribution >= 0.6 is 0 Å². The van der Waals surface area contributed by atoms with Crippen molar-refractivity contribution in [3.63, 3.8) is 0 Å². The number of imidazole rings is 1. The number of benzene rings is 1. The molecule has 0 atom stereocenters. The van der Waals surface area contributed by atoms with Crippen LogP contribution < -0.4 is 0 Å². The fourth-order valence-corrected chi connectivity index (χ4v) is 2.82. The van der Waals surface area contributed by atoms with E-state index in [9.17, 15) is 10.1 Å². The van der Waals surface area contributed by atoms with Crippen LogP contribution in [0.2, 0.25) is 0 Å². The number of hydrogen-bond donors (Lipinski definition) is 0. The molecule has 0 radical (unpaired) electrons. The Hall–Kier alpha value is -3.40. The van der Waals surface area contributed by atoms with Crippen molar-refractivity contribution in [1.82, 2.24) is 19.3 Å². The zero-order chi connectivity index (χ0) is 18.5. The van der Waals surface area contributed by atoms with Crippen molar-refractivity contribution < 1.29 is 9.53 Å². The topological polar surface area (TPSA) is 85.7 Å². The Morgan fingerprint density at radius 3 is 2.92 bits per heavy atom. The second-order valence-electron chi connectivity index (χ2n) is 5.71. The molecule has 0 aliphatic heterocycles. The fourth-order valence-electron chi connectivity index (χ4n) is 2.82. The van der Waals surface area contributed by atoms with Gasteiger partial charge < -0.3 is 9.30 Å². The first-order chi connectivity index (χ1) is 12.6. The van der Waals surface area contributed by atoms with Crippen molar-refractivity contribution in [2.45, 2.75) is 26.9 Å². The molecule has 0 saturated carbocycles. The summed E-state index contributed by atoms with van der Waals surface area (Å²) in [7, 11) is 0. The van der Waals surface area contributed by atoms with Gasteiger partial charge in [-0.25, -0.2) is 4.98 Å². The number of esters is 1. The molecule has 0 spiro atoms. The quantitative estimate of drug-likeness (QED) is 0.639. The zero-order valence-corrected chi connectivity index (χ0v) is 14.7. The molecule has 3 aromatic rings. The van der Waals surface area contributed by atoms with Gasteiger partial charge >= 0.3 is 5.97 Å². The van der Waals surface area contributed by atoms with Gasteiger partial charge in [0.05, 0.1) is 29.4 Å². The third-order valence-electron chi connectivity index (χ3n) is 3.93. The molecule has 0 fully saturated rings. The van der Waals surface area contributed by atoms with Crippen LogP contribution in [0.5, 0.6) is 0 Å². The molecule has 0 N–H and O–H groups in total. The molecule has 132 valence electrons. The molecule has 0 aliphatic rings. The maximum absolute atomic E-state index is 11.7. The number of aromatic nitrogens is 4. The molecule has 0 amide bonds. The van der Waals surface area contributed by atoms with Crippen LogP contribution in [0.25, 0.3) is 22.7 Å². The van der Waals surface area contributed by atoms with Gasteiger partial charge in [-0.1, -0.05) is 12.1 Å². The highest BCUT2D eigenvalue weighted by Crippen LogP contribution is 2.23. The van der Waals surface area contributed by atoms with E-state index in [-0.39, 0.29) is 19.1 Å². The summed E-state index contributed by atoms with van der Waals surface area (Å²) >= 11 is 0. The standard InChI is InChI=1S/C19H19N5O2/c1-3-26-18(25)13-24-15(8-10-21-24)12-14(2)19-22-16-6-4-5-7-17(16)23(19)11-9-20/h4-8,10,12H,3,11,13H2,1-2H3/b14-12+. The molecule has 7 heteroatoms. The lowest BCUT2D eigenvalue weighted by Crippen LogP contribution is -2.15. The first-order valence-corrected chi connectivity index (χ1v) is 8.32. The SMILES string of the molecule is CCOC(=O)Cn1nccc1/C=C(\C)c1nc2ccccc2n1CC#N. The predicted octanol–water partition coefficient (Wildman–Crippen LogP) is 2.88. The van der Waals surface area contributed by atoms with E-state index in [2.05, 4.69) is 16.2 Å². The number of hydrogen-bond acceptors (Lipinski definition) is 5. The molecule has 0 unspecified atom stereocenters. The van der Waals surface area contributed by atoms with E-state index in [1.54, 1.807) is 17.8 Å². The number of allylic oxidation sites excluding steroid dienone is 1. The number of carbonyl (C=O) groups excluding carboxylic acids is 1. The molecule has 3 rings (SSSR count). The number of carbonyl (C=O) groups is 1. The smallest absolute Gasteiger partial charge is 0.327 e. The van der Waals surface area contributed by atoms with E-state index in [1.807, 2.05) is 47.9 Å². The Morgan fingerprint density at radius 2 is 2.15 bits per heavy atom. The summed E-state index contributed by atoms with van der Waals surface area (Å²) < 4.78 is 8.44. The predicted molar refractivity (Wildman–Crippen MR) is 97.8 cm³/mol. The van der Waals surface area contributed by atoms with Gasteiger partial charge in [0.2, 0.25) is 0 Å². The van der Waals surface area contributed by atoms with E-state index in [0.717, 1.165) is 28.1 Å². The summed E-state index contributed by atoms with van der Waals surface area (Å²) in [4.78, 5) is 16.4. The van der Waals surface area contributed by atoms with E-state index >= 15 is 0 Å². The average Bonchev–Trinajstić information content (AvgIpc) is 3.20. The molecule has 0 bridgehead atoms. The van der Waals surface area contributed by atoms with Gasteiger partial charge in [-0.2, -0.15) is 10.4 Å². The van der Waals surface area contributed by atoms with Crippen LogP contribution in [0.15, 0.2) is 36.5 Å². The first kappa shape index (κ1) is 17.4. The highest BCUT2D eigenvalue weighted by molar-refractivity contribution is 5.84. The van der Waals surface area contributed by atoms with Crippen molar-refractivity contribution in [2.24, 2.45) is 0 Å². The Bertz CT molecular complexity index is 1010. The Morgan fingerprint density at radius 1 is 1.35 bits per heavy atom. The monoisotopic (exact) mass is 349 g/mol. The molecule has 0 saturated heterocycles. The molecule has 26 heavy (non-hydrogen) atoms. The lowest BCUT2D eigenvalue weighted by Gasteiger charge is -2.07. The van der Waals surface area contributed by atoms with Gasteiger partial charge in [0.1, 0.15) is 18.9 Å². The van der Waals surface area contributed by atoms with Crippen LogP contribution in [0.4, 0.5) is 0 Å². The molecule has 7 nitrogen and oxygen atoms in total. The van der Waals surface area contributed by atoms with Gasteiger partial charge in [0, 0.05) is 6.20 Å².